The van der Waals surface area contributed by atoms with Gasteiger partial charge in [0.15, 0.2) is 50.3 Å². The largest absolute Gasteiger partial charge is 0.410 e. The summed E-state index contributed by atoms with van der Waals surface area (Å²) in [7, 11) is 0. The molecule has 20 unspecified atom stereocenters. The summed E-state index contributed by atoms with van der Waals surface area (Å²) >= 11 is 0. The molecule has 10 aliphatic heterocycles. The van der Waals surface area contributed by atoms with Gasteiger partial charge in [0.25, 0.3) is 6.47 Å². The Bertz CT molecular complexity index is 3520. The Hall–Kier alpha value is -4.49. The number of nitrogens with one attached hydrogen (secondary N) is 4. The summed E-state index contributed by atoms with van der Waals surface area (Å²) in [6, 6.07) is -7.16. The van der Waals surface area contributed by atoms with Crippen molar-refractivity contribution < 1.29 is 257 Å². The third-order valence-electron chi connectivity index (χ3n) is 24.0. The molecule has 10 heterocycles. The summed E-state index contributed by atoms with van der Waals surface area (Å²) in [6.45, 7) is -4.83. The molecule has 0 bridgehead atoms. The van der Waals surface area contributed by atoms with Crippen LogP contribution in [-0.4, -0.2) is 540 Å². The molecule has 10 saturated heterocycles. The Labute approximate surface area is 732 Å². The maximum Gasteiger partial charge on any atom is 0.332 e. The lowest BCUT2D eigenvalue weighted by Gasteiger charge is -2.51. The van der Waals surface area contributed by atoms with Crippen LogP contribution in [0, 0.1) is 5.92 Å². The van der Waals surface area contributed by atoms with Crippen LogP contribution in [0.5, 0.6) is 0 Å². The average molecular weight is 1890 g/mol. The monoisotopic (exact) mass is 1890 g/mol. The lowest BCUT2D eigenvalue weighted by molar-refractivity contribution is -0.448. The fourth-order valence-electron chi connectivity index (χ4n) is 17.0. The topological polar surface area (TPSA) is 864 Å². The van der Waals surface area contributed by atoms with E-state index in [1.165, 1.54) is 13.8 Å². The molecule has 4 amide bonds. The third kappa shape index (κ3) is 23.7. The normalized spacial score (nSPS) is 48.1. The first-order valence-corrected chi connectivity index (χ1v) is 41.4. The van der Waals surface area contributed by atoms with Crippen molar-refractivity contribution in [3.63, 3.8) is 0 Å². The van der Waals surface area contributed by atoms with Crippen molar-refractivity contribution in [3.8, 4) is 0 Å². The molecule has 0 aliphatic carbocycles. The van der Waals surface area contributed by atoms with E-state index in [0.717, 1.165) is 27.7 Å². The highest BCUT2D eigenvalue weighted by molar-refractivity contribution is 5.74. The third-order valence-corrected chi connectivity index (χ3v) is 24.0. The van der Waals surface area contributed by atoms with Crippen LogP contribution < -0.4 is 21.3 Å². The van der Waals surface area contributed by atoms with Gasteiger partial charge in [0.2, 0.25) is 23.6 Å². The van der Waals surface area contributed by atoms with Gasteiger partial charge in [0.1, 0.15) is 226 Å². The fourth-order valence-corrected chi connectivity index (χ4v) is 17.0. The first-order chi connectivity index (χ1) is 61.0. The van der Waals surface area contributed by atoms with E-state index in [0.29, 0.717) is 0 Å². The van der Waals surface area contributed by atoms with Gasteiger partial charge in [-0.1, -0.05) is 6.92 Å². The summed E-state index contributed by atoms with van der Waals surface area (Å²) in [5, 5.41) is 313. The number of amides is 4. The van der Waals surface area contributed by atoms with E-state index in [-0.39, 0.29) is 6.47 Å². The van der Waals surface area contributed by atoms with Crippen molar-refractivity contribution in [3.05, 3.63) is 0 Å². The van der Waals surface area contributed by atoms with Crippen LogP contribution in [0.15, 0.2) is 0 Å². The number of aliphatic hydroxyl groups is 27. The quantitative estimate of drug-likeness (QED) is 0.0205. The summed E-state index contributed by atoms with van der Waals surface area (Å²) in [5.41, 5.74) is 0. The first-order valence-electron chi connectivity index (χ1n) is 41.4. The Morgan fingerprint density at radius 1 is 0.349 bits per heavy atom. The smallest absolute Gasteiger partial charge is 0.332 e. The van der Waals surface area contributed by atoms with Crippen molar-refractivity contribution in [1.29, 1.82) is 0 Å². The van der Waals surface area contributed by atoms with Gasteiger partial charge in [-0.05, 0) is 6.92 Å². The number of rotatable bonds is 36. The van der Waals surface area contributed by atoms with Gasteiger partial charge in [-0.15, -0.1) is 0 Å². The fraction of sp³-hybridized carbons (Fsp3) is 0.932. The SMILES string of the molecule is CC(=O)NC1C(O)[C@H](O[C@@H]2OC(CO)[C@H](O)[C@H](O[C@]3(OC=O)C[C@@H](O)[C@@H](C)C([C@H](O)[C@H](O)CO)O3)C2O)[C@H](CO)O[C@H]1OC1[C@@H](OCC2O[C@@H](O[C@@H]3C(CO)O[C@@H](O[C@@H]4C(CO)O[C@@H](C)C(NC(C)=O)[C@H]4O)C(NC(C)=O)[C@H]3O)C(O)[C@@H](O[C@H]3OC(CO)[C@@H](O)C(O)C3O[C@@H]3OC(CO)[C@@H](O[C@@H]4OC(CO)[C@H](O)[C@H](O)C4O)[C@H](O)C3NC(C)=O)[C@@H]2O)OC(CO)[C@@H](O)[C@@H]1O. The molecule has 56 nitrogen and oxygen atoms in total. The molecule has 0 aromatic carbocycles. The minimum atomic E-state index is -2.88. The van der Waals surface area contributed by atoms with E-state index in [4.69, 9.17) is 94.7 Å². The Morgan fingerprint density at radius 2 is 0.667 bits per heavy atom. The zero-order valence-corrected chi connectivity index (χ0v) is 70.0. The van der Waals surface area contributed by atoms with Gasteiger partial charge in [0.05, 0.1) is 96.8 Å². The molecule has 31 N–H and O–H groups in total. The highest BCUT2D eigenvalue weighted by atomic mass is 16.9. The second kappa shape index (κ2) is 46.6. The maximum absolute atomic E-state index is 13.2. The summed E-state index contributed by atoms with van der Waals surface area (Å²) in [6.07, 6.45) is -94.7. The van der Waals surface area contributed by atoms with Crippen LogP contribution in [0.25, 0.3) is 0 Å². The number of hydrogen-bond acceptors (Lipinski definition) is 52. The second-order valence-electron chi connectivity index (χ2n) is 32.9. The number of carbonyl (C=O) groups is 5. The molecule has 10 aliphatic rings. The van der Waals surface area contributed by atoms with Crippen LogP contribution in [0.1, 0.15) is 48.0 Å². The van der Waals surface area contributed by atoms with Crippen molar-refractivity contribution in [2.75, 3.05) is 66.1 Å². The molecule has 10 rings (SSSR count). The molecule has 0 spiro atoms. The van der Waals surface area contributed by atoms with E-state index < -0.39 is 408 Å². The van der Waals surface area contributed by atoms with Crippen LogP contribution in [0.2, 0.25) is 0 Å². The van der Waals surface area contributed by atoms with Gasteiger partial charge in [-0.2, -0.15) is 0 Å². The lowest BCUT2D eigenvalue weighted by atomic mass is 9.87. The molecular formula is C73H122N4O52. The number of hydrogen-bond donors (Lipinski definition) is 31. The Kier molecular flexibility index (Phi) is 38.5. The molecule has 0 aromatic heterocycles. The molecule has 746 valence electrons. The molecule has 0 radical (unpaired) electrons. The molecule has 51 atom stereocenters. The molecule has 0 aromatic rings. The Balaban J connectivity index is 0.967. The number of aliphatic hydroxyl groups excluding tert-OH is 27. The van der Waals surface area contributed by atoms with Gasteiger partial charge in [-0.25, -0.2) is 0 Å². The summed E-state index contributed by atoms with van der Waals surface area (Å²) in [5.74, 6) is -7.56. The predicted octanol–water partition coefficient (Wildman–Crippen LogP) is -20.6. The lowest BCUT2D eigenvalue weighted by Crippen LogP contribution is -2.71. The van der Waals surface area contributed by atoms with Gasteiger partial charge >= 0.3 is 5.97 Å². The average Bonchev–Trinajstić information content (AvgIpc) is 0.759. The van der Waals surface area contributed by atoms with Crippen LogP contribution >= 0.6 is 0 Å². The zero-order chi connectivity index (χ0) is 95.1. The van der Waals surface area contributed by atoms with Gasteiger partial charge in [-0.3, -0.25) is 24.0 Å². The van der Waals surface area contributed by atoms with E-state index >= 15 is 0 Å². The predicted molar refractivity (Wildman–Crippen MR) is 399 cm³/mol. The van der Waals surface area contributed by atoms with E-state index in [1.54, 1.807) is 0 Å². The van der Waals surface area contributed by atoms with Crippen molar-refractivity contribution in [2.24, 2.45) is 5.92 Å². The number of carbonyl (C=O) groups excluding carboxylic acids is 5. The van der Waals surface area contributed by atoms with E-state index in [1.807, 2.05) is 0 Å². The van der Waals surface area contributed by atoms with Crippen LogP contribution in [-0.2, 0) is 119 Å². The number of ether oxygens (including phenoxy) is 20. The molecule has 10 fully saturated rings. The standard InChI is InChI=1S/C73H122N4O52/c1-19-25(92)7-73(111-18-87,128-56(19)40(94)26(93)8-78)129-62-44(98)30(12-82)114-70(55(62)109)124-60-34(16-86)118-66(38(49(60)103)76-23(5)90)126-63-51(105)42(96)28(10-80)115-71(63)110-17-35-45(99)61(54(108)69(120-35)123-59-33(15-85)117-65(37(47(59)101)75-22(4)89)121-57-31(13-83)112-20(2)36(46(57)100)74-21(3)88)125-72-64(52(106)43(97)29(11-81)116-72)127-67-39(77-24(6)91)48(102)58(32(14-84)119-67)122-68-53(107)50(104)41(95)27(9-79)113-68/h18-20,25-72,78-86,92-109H,7-17H2,1-6H3,(H,74,88)(H,75,89)(H,76,90)(H,77,91)/t19-,20+,25-,26-,27?,28?,29?,30?,31?,32?,33?,34+,35?,36?,37?,38?,39?,40-,41+,42-,43-,44+,45-,46-,47-,48-,49?,50+,51+,52?,53?,54?,55?,56?,57-,58-,59-,60-,61+,62+,63?,64?,65+,66+,67+,68+,69+,70+,71+,72-,73+/m1/s1. The van der Waals surface area contributed by atoms with Crippen LogP contribution in [0.4, 0.5) is 0 Å². The molecule has 0 saturated carbocycles. The highest BCUT2D eigenvalue weighted by Gasteiger charge is 2.63. The Morgan fingerprint density at radius 3 is 1.08 bits per heavy atom. The second-order valence-corrected chi connectivity index (χ2v) is 32.9. The maximum atomic E-state index is 13.2. The van der Waals surface area contributed by atoms with Gasteiger partial charge < -0.3 is 254 Å². The molecule has 129 heavy (non-hydrogen) atoms. The minimum Gasteiger partial charge on any atom is -0.410 e. The summed E-state index contributed by atoms with van der Waals surface area (Å²) in [4.78, 5) is 63.8. The molecule has 56 heteroatoms. The summed E-state index contributed by atoms with van der Waals surface area (Å²) < 4.78 is 119. The van der Waals surface area contributed by atoms with Crippen molar-refractivity contribution in [1.82, 2.24) is 21.3 Å². The molecular weight excluding hydrogens is 1760 g/mol. The van der Waals surface area contributed by atoms with E-state index in [2.05, 4.69) is 21.3 Å². The van der Waals surface area contributed by atoms with Crippen molar-refractivity contribution >= 4 is 30.1 Å². The highest BCUT2D eigenvalue weighted by Crippen LogP contribution is 2.44. The van der Waals surface area contributed by atoms with Crippen LogP contribution in [0.3, 0.4) is 0 Å². The first kappa shape index (κ1) is 107. The van der Waals surface area contributed by atoms with E-state index in [9.17, 15) is 162 Å². The van der Waals surface area contributed by atoms with Gasteiger partial charge in [0, 0.05) is 33.6 Å². The van der Waals surface area contributed by atoms with Crippen molar-refractivity contribution in [2.45, 2.75) is 354 Å². The minimum absolute atomic E-state index is 0.254. The zero-order valence-electron chi connectivity index (χ0n) is 70.0.